The standard InChI is InChI=1S/C6H2ClF2N3/c7-2-3-4(11-1-10-3)6(9)12-5(2)8/h1H,(H,10,11). The molecule has 2 heterocycles. The first-order valence-electron chi connectivity index (χ1n) is 3.03. The molecule has 0 aliphatic heterocycles. The molecule has 3 nitrogen and oxygen atoms in total. The second-order valence-corrected chi connectivity index (χ2v) is 2.51. The molecule has 0 spiro atoms. The number of rotatable bonds is 0. The molecule has 0 aliphatic rings. The van der Waals surface area contributed by atoms with Gasteiger partial charge in [-0.2, -0.15) is 13.8 Å². The Labute approximate surface area is 70.4 Å². The van der Waals surface area contributed by atoms with Crippen molar-refractivity contribution in [1.82, 2.24) is 15.0 Å². The molecule has 0 saturated heterocycles. The van der Waals surface area contributed by atoms with E-state index < -0.39 is 11.9 Å². The first-order chi connectivity index (χ1) is 5.70. The second-order valence-electron chi connectivity index (χ2n) is 2.13. The van der Waals surface area contributed by atoms with Gasteiger partial charge in [0.1, 0.15) is 16.1 Å². The lowest BCUT2D eigenvalue weighted by Gasteiger charge is -1.94. The number of pyridine rings is 1. The smallest absolute Gasteiger partial charge is 0.241 e. The summed E-state index contributed by atoms with van der Waals surface area (Å²) >= 11 is 5.45. The van der Waals surface area contributed by atoms with Crippen LogP contribution in [0.1, 0.15) is 0 Å². The van der Waals surface area contributed by atoms with E-state index in [2.05, 4.69) is 15.0 Å². The number of hydrogen-bond donors (Lipinski definition) is 1. The Morgan fingerprint density at radius 1 is 1.33 bits per heavy atom. The van der Waals surface area contributed by atoms with E-state index in [1.165, 1.54) is 6.33 Å². The third kappa shape index (κ3) is 0.863. The van der Waals surface area contributed by atoms with Crippen molar-refractivity contribution in [2.75, 3.05) is 0 Å². The zero-order valence-corrected chi connectivity index (χ0v) is 6.36. The van der Waals surface area contributed by atoms with Gasteiger partial charge in [-0.1, -0.05) is 11.6 Å². The van der Waals surface area contributed by atoms with Gasteiger partial charge in [0.15, 0.2) is 0 Å². The van der Waals surface area contributed by atoms with Crippen LogP contribution in [-0.2, 0) is 0 Å². The molecule has 0 bridgehead atoms. The zero-order valence-electron chi connectivity index (χ0n) is 5.61. The van der Waals surface area contributed by atoms with Crippen molar-refractivity contribution in [3.8, 4) is 0 Å². The summed E-state index contributed by atoms with van der Waals surface area (Å²) in [4.78, 5) is 9.03. The highest BCUT2D eigenvalue weighted by Crippen LogP contribution is 2.23. The summed E-state index contributed by atoms with van der Waals surface area (Å²) in [6.45, 7) is 0. The molecule has 62 valence electrons. The molecule has 0 radical (unpaired) electrons. The Hall–Kier alpha value is -1.23. The van der Waals surface area contributed by atoms with Crippen LogP contribution in [0.3, 0.4) is 0 Å². The van der Waals surface area contributed by atoms with Crippen molar-refractivity contribution in [2.24, 2.45) is 0 Å². The molecule has 0 atom stereocenters. The van der Waals surface area contributed by atoms with E-state index in [1.807, 2.05) is 0 Å². The molecule has 0 fully saturated rings. The minimum Gasteiger partial charge on any atom is -0.341 e. The van der Waals surface area contributed by atoms with E-state index in [1.54, 1.807) is 0 Å². The third-order valence-corrected chi connectivity index (χ3v) is 1.77. The lowest BCUT2D eigenvalue weighted by molar-refractivity contribution is 0.521. The minimum atomic E-state index is -1.05. The van der Waals surface area contributed by atoms with E-state index in [-0.39, 0.29) is 16.1 Å². The number of halogens is 3. The molecule has 12 heavy (non-hydrogen) atoms. The minimum absolute atomic E-state index is 0.0152. The van der Waals surface area contributed by atoms with Gasteiger partial charge in [-0.15, -0.1) is 0 Å². The van der Waals surface area contributed by atoms with E-state index in [0.717, 1.165) is 0 Å². The van der Waals surface area contributed by atoms with Crippen LogP contribution in [0.15, 0.2) is 6.33 Å². The van der Waals surface area contributed by atoms with Gasteiger partial charge in [0.25, 0.3) is 0 Å². The summed E-state index contributed by atoms with van der Waals surface area (Å²) in [5, 5.41) is -0.271. The average Bonchev–Trinajstić information content (AvgIpc) is 2.48. The molecule has 6 heteroatoms. The number of hydrogen-bond acceptors (Lipinski definition) is 2. The first kappa shape index (κ1) is 7.42. The van der Waals surface area contributed by atoms with E-state index in [4.69, 9.17) is 11.6 Å². The number of fused-ring (bicyclic) bond motifs is 1. The number of aromatic nitrogens is 3. The van der Waals surface area contributed by atoms with Crippen molar-refractivity contribution in [1.29, 1.82) is 0 Å². The Bertz CT molecular complexity index is 440. The molecular weight excluding hydrogens is 188 g/mol. The SMILES string of the molecule is Fc1nc(F)c2[nH]cnc2c1Cl. The van der Waals surface area contributed by atoms with Gasteiger partial charge in [-0.3, -0.25) is 0 Å². The highest BCUT2D eigenvalue weighted by Gasteiger charge is 2.13. The van der Waals surface area contributed by atoms with Crippen LogP contribution in [-0.4, -0.2) is 15.0 Å². The maximum Gasteiger partial charge on any atom is 0.241 e. The van der Waals surface area contributed by atoms with Crippen molar-refractivity contribution < 1.29 is 8.78 Å². The molecule has 0 aliphatic carbocycles. The van der Waals surface area contributed by atoms with Crippen molar-refractivity contribution >= 4 is 22.6 Å². The summed E-state index contributed by atoms with van der Waals surface area (Å²) in [7, 11) is 0. The van der Waals surface area contributed by atoms with Gasteiger partial charge >= 0.3 is 0 Å². The van der Waals surface area contributed by atoms with E-state index in [9.17, 15) is 8.78 Å². The number of imidazole rings is 1. The number of nitrogens with zero attached hydrogens (tertiary/aromatic N) is 2. The highest BCUT2D eigenvalue weighted by atomic mass is 35.5. The van der Waals surface area contributed by atoms with Crippen LogP contribution in [0, 0.1) is 11.9 Å². The van der Waals surface area contributed by atoms with Crippen LogP contribution in [0.2, 0.25) is 5.02 Å². The van der Waals surface area contributed by atoms with Gasteiger partial charge in [0.05, 0.1) is 6.33 Å². The van der Waals surface area contributed by atoms with Gasteiger partial charge in [-0.05, 0) is 0 Å². The van der Waals surface area contributed by atoms with Crippen LogP contribution < -0.4 is 0 Å². The summed E-state index contributed by atoms with van der Waals surface area (Å²) in [6.07, 6.45) is 1.22. The molecule has 0 amide bonds. The predicted molar refractivity (Wildman–Crippen MR) is 38.8 cm³/mol. The fraction of sp³-hybridized carbons (Fsp3) is 0. The number of nitrogens with one attached hydrogen (secondary N) is 1. The lowest BCUT2D eigenvalue weighted by atomic mass is 10.4. The fourth-order valence-electron chi connectivity index (χ4n) is 0.907. The summed E-state index contributed by atoms with van der Waals surface area (Å²) in [5.74, 6) is -1.99. The van der Waals surface area contributed by atoms with Gasteiger partial charge in [-0.25, -0.2) is 4.98 Å². The maximum atomic E-state index is 12.8. The van der Waals surface area contributed by atoms with Gasteiger partial charge < -0.3 is 4.98 Å². The summed E-state index contributed by atoms with van der Waals surface area (Å²) < 4.78 is 25.4. The molecule has 2 aromatic heterocycles. The monoisotopic (exact) mass is 189 g/mol. The Balaban J connectivity index is 2.97. The maximum absolute atomic E-state index is 12.8. The first-order valence-corrected chi connectivity index (χ1v) is 3.41. The molecule has 1 N–H and O–H groups in total. The van der Waals surface area contributed by atoms with Crippen molar-refractivity contribution in [3.63, 3.8) is 0 Å². The Morgan fingerprint density at radius 2 is 2.08 bits per heavy atom. The van der Waals surface area contributed by atoms with Gasteiger partial charge in [0.2, 0.25) is 11.9 Å². The van der Waals surface area contributed by atoms with E-state index in [0.29, 0.717) is 0 Å². The highest BCUT2D eigenvalue weighted by molar-refractivity contribution is 6.34. The molecule has 2 aromatic rings. The predicted octanol–water partition coefficient (Wildman–Crippen LogP) is 1.89. The average molecular weight is 190 g/mol. The summed E-state index contributed by atoms with van der Waals surface area (Å²) in [5.41, 5.74) is 0.0723. The molecule has 2 rings (SSSR count). The number of H-pyrrole nitrogens is 1. The summed E-state index contributed by atoms with van der Waals surface area (Å²) in [6, 6.07) is 0. The zero-order chi connectivity index (χ0) is 8.72. The van der Waals surface area contributed by atoms with Crippen LogP contribution in [0.4, 0.5) is 8.78 Å². The fourth-order valence-corrected chi connectivity index (χ4v) is 1.09. The van der Waals surface area contributed by atoms with Gasteiger partial charge in [0, 0.05) is 0 Å². The molecular formula is C6H2ClF2N3. The normalized spacial score (nSPS) is 10.9. The number of aromatic amines is 1. The Kier molecular flexibility index (Phi) is 1.47. The van der Waals surface area contributed by atoms with Crippen LogP contribution in [0.25, 0.3) is 11.0 Å². The van der Waals surface area contributed by atoms with Crippen LogP contribution in [0.5, 0.6) is 0 Å². The lowest BCUT2D eigenvalue weighted by Crippen LogP contribution is -1.91. The largest absolute Gasteiger partial charge is 0.341 e. The third-order valence-electron chi connectivity index (χ3n) is 1.43. The second kappa shape index (κ2) is 2.38. The van der Waals surface area contributed by atoms with Crippen LogP contribution >= 0.6 is 11.6 Å². The Morgan fingerprint density at radius 3 is 2.83 bits per heavy atom. The molecule has 0 saturated carbocycles. The van der Waals surface area contributed by atoms with E-state index >= 15 is 0 Å². The van der Waals surface area contributed by atoms with Crippen molar-refractivity contribution in [2.45, 2.75) is 0 Å². The topological polar surface area (TPSA) is 41.6 Å². The van der Waals surface area contributed by atoms with Crippen molar-refractivity contribution in [3.05, 3.63) is 23.2 Å². The quantitative estimate of drug-likeness (QED) is 0.643. The molecule has 0 unspecified atom stereocenters. The molecule has 0 aromatic carbocycles.